The van der Waals surface area contributed by atoms with Gasteiger partial charge in [0.15, 0.2) is 0 Å². The number of pyridine rings is 1. The Balaban J connectivity index is 1.49. The third kappa shape index (κ3) is 4.33. The Kier molecular flexibility index (Phi) is 5.75. The van der Waals surface area contributed by atoms with Crippen molar-refractivity contribution in [3.63, 3.8) is 0 Å². The molecule has 2 aromatic carbocycles. The van der Waals surface area contributed by atoms with Crippen LogP contribution in [0.3, 0.4) is 0 Å². The van der Waals surface area contributed by atoms with Crippen molar-refractivity contribution in [2.24, 2.45) is 0 Å². The van der Waals surface area contributed by atoms with Gasteiger partial charge in [0.2, 0.25) is 5.91 Å². The van der Waals surface area contributed by atoms with Crippen LogP contribution in [0.2, 0.25) is 0 Å². The van der Waals surface area contributed by atoms with Gasteiger partial charge in [0.05, 0.1) is 18.5 Å². The molecule has 0 unspecified atom stereocenters. The number of amides is 1. The van der Waals surface area contributed by atoms with E-state index in [2.05, 4.69) is 15.3 Å². The largest absolute Gasteiger partial charge is 0.497 e. The van der Waals surface area contributed by atoms with E-state index in [0.29, 0.717) is 19.3 Å². The highest BCUT2D eigenvalue weighted by Crippen LogP contribution is 2.31. The molecule has 0 spiro atoms. The molecule has 152 valence electrons. The number of halogens is 1. The number of carbonyl (C=O) groups excluding carboxylic acids is 1. The van der Waals surface area contributed by atoms with Gasteiger partial charge >= 0.3 is 0 Å². The molecule has 4 aromatic rings. The number of carbonyl (C=O) groups is 1. The van der Waals surface area contributed by atoms with Gasteiger partial charge in [-0.05, 0) is 73.0 Å². The number of aromatic nitrogens is 2. The molecule has 0 radical (unpaired) electrons. The molecule has 5 nitrogen and oxygen atoms in total. The van der Waals surface area contributed by atoms with Gasteiger partial charge in [-0.15, -0.1) is 0 Å². The van der Waals surface area contributed by atoms with Crippen LogP contribution >= 0.6 is 0 Å². The number of benzene rings is 2. The van der Waals surface area contributed by atoms with E-state index in [0.717, 1.165) is 39.3 Å². The van der Waals surface area contributed by atoms with Crippen molar-refractivity contribution in [3.05, 3.63) is 78.2 Å². The molecule has 0 atom stereocenters. The van der Waals surface area contributed by atoms with Crippen molar-refractivity contribution in [1.82, 2.24) is 9.97 Å². The predicted molar refractivity (Wildman–Crippen MR) is 116 cm³/mol. The zero-order chi connectivity index (χ0) is 20.9. The Labute approximate surface area is 173 Å². The highest BCUT2D eigenvalue weighted by molar-refractivity contribution is 5.92. The standard InChI is InChI=1S/C24H22FN3O2/c1-30-18-11-9-17(10-12-18)27-23(29)7-4-5-19-20-15-16(25)8-13-21(20)28-24(19)22-6-2-3-14-26-22/h2-3,6,8-15,28H,4-5,7H2,1H3,(H,27,29). The normalized spacial score (nSPS) is 10.9. The van der Waals surface area contributed by atoms with Crippen LogP contribution in [0.25, 0.3) is 22.3 Å². The number of aryl methyl sites for hydroxylation is 1. The lowest BCUT2D eigenvalue weighted by atomic mass is 10.0. The fourth-order valence-corrected chi connectivity index (χ4v) is 3.53. The van der Waals surface area contributed by atoms with Crippen LogP contribution in [-0.4, -0.2) is 23.0 Å². The molecule has 2 N–H and O–H groups in total. The molecular weight excluding hydrogens is 381 g/mol. The van der Waals surface area contributed by atoms with Gasteiger partial charge in [0.1, 0.15) is 11.6 Å². The number of hydrogen-bond acceptors (Lipinski definition) is 3. The molecule has 0 saturated carbocycles. The summed E-state index contributed by atoms with van der Waals surface area (Å²) in [6.07, 6.45) is 3.35. The SMILES string of the molecule is COc1ccc(NC(=O)CCCc2c(-c3ccccn3)[nH]c3ccc(F)cc23)cc1. The van der Waals surface area contributed by atoms with Crippen molar-refractivity contribution in [3.8, 4) is 17.1 Å². The maximum atomic E-state index is 13.9. The van der Waals surface area contributed by atoms with E-state index in [9.17, 15) is 9.18 Å². The summed E-state index contributed by atoms with van der Waals surface area (Å²) in [5, 5.41) is 3.72. The van der Waals surface area contributed by atoms with Gasteiger partial charge in [0.25, 0.3) is 0 Å². The average molecular weight is 403 g/mol. The number of hydrogen-bond donors (Lipinski definition) is 2. The average Bonchev–Trinajstić information content (AvgIpc) is 3.12. The second kappa shape index (κ2) is 8.78. The minimum atomic E-state index is -0.285. The highest BCUT2D eigenvalue weighted by Gasteiger charge is 2.15. The van der Waals surface area contributed by atoms with Crippen molar-refractivity contribution < 1.29 is 13.9 Å². The molecule has 1 amide bonds. The molecule has 0 aliphatic rings. The zero-order valence-electron chi connectivity index (χ0n) is 16.6. The van der Waals surface area contributed by atoms with Crippen LogP contribution in [0, 0.1) is 5.82 Å². The first-order chi connectivity index (χ1) is 14.6. The van der Waals surface area contributed by atoms with E-state index in [1.54, 1.807) is 43.6 Å². The van der Waals surface area contributed by atoms with E-state index in [1.807, 2.05) is 18.2 Å². The molecule has 2 heterocycles. The first kappa shape index (κ1) is 19.6. The van der Waals surface area contributed by atoms with Crippen molar-refractivity contribution in [2.45, 2.75) is 19.3 Å². The van der Waals surface area contributed by atoms with Crippen molar-refractivity contribution in [1.29, 1.82) is 0 Å². The third-order valence-electron chi connectivity index (χ3n) is 4.99. The first-order valence-corrected chi connectivity index (χ1v) is 9.79. The number of anilines is 1. The minimum Gasteiger partial charge on any atom is -0.497 e. The molecule has 2 aromatic heterocycles. The summed E-state index contributed by atoms with van der Waals surface area (Å²) in [4.78, 5) is 20.1. The summed E-state index contributed by atoms with van der Waals surface area (Å²) in [5.74, 6) is 0.389. The number of nitrogens with one attached hydrogen (secondary N) is 2. The summed E-state index contributed by atoms with van der Waals surface area (Å²) < 4.78 is 19.0. The molecule has 0 aliphatic carbocycles. The Hall–Kier alpha value is -3.67. The lowest BCUT2D eigenvalue weighted by molar-refractivity contribution is -0.116. The van der Waals surface area contributed by atoms with E-state index < -0.39 is 0 Å². The highest BCUT2D eigenvalue weighted by atomic mass is 19.1. The van der Waals surface area contributed by atoms with Gasteiger partial charge in [-0.2, -0.15) is 0 Å². The lowest BCUT2D eigenvalue weighted by Crippen LogP contribution is -2.11. The summed E-state index contributed by atoms with van der Waals surface area (Å²) >= 11 is 0. The zero-order valence-corrected chi connectivity index (χ0v) is 16.6. The maximum Gasteiger partial charge on any atom is 0.224 e. The number of methoxy groups -OCH3 is 1. The number of nitrogens with zero attached hydrogens (tertiary/aromatic N) is 1. The minimum absolute atomic E-state index is 0.0643. The second-order valence-electron chi connectivity index (χ2n) is 7.01. The number of aromatic amines is 1. The van der Waals surface area contributed by atoms with Crippen molar-refractivity contribution >= 4 is 22.5 Å². The number of H-pyrrole nitrogens is 1. The molecule has 0 bridgehead atoms. The Morgan fingerprint density at radius 2 is 1.97 bits per heavy atom. The quantitative estimate of drug-likeness (QED) is 0.438. The maximum absolute atomic E-state index is 13.9. The topological polar surface area (TPSA) is 67.0 Å². The van der Waals surface area contributed by atoms with Gasteiger partial charge < -0.3 is 15.0 Å². The van der Waals surface area contributed by atoms with Crippen molar-refractivity contribution in [2.75, 3.05) is 12.4 Å². The van der Waals surface area contributed by atoms with Crippen LogP contribution in [0.5, 0.6) is 5.75 Å². The number of ether oxygens (including phenoxy) is 1. The Morgan fingerprint density at radius 3 is 2.70 bits per heavy atom. The predicted octanol–water partition coefficient (Wildman–Crippen LogP) is 5.34. The monoisotopic (exact) mass is 403 g/mol. The first-order valence-electron chi connectivity index (χ1n) is 9.79. The van der Waals surface area contributed by atoms with Gasteiger partial charge in [-0.3, -0.25) is 9.78 Å². The van der Waals surface area contributed by atoms with Crippen LogP contribution < -0.4 is 10.1 Å². The van der Waals surface area contributed by atoms with Crippen LogP contribution in [-0.2, 0) is 11.2 Å². The number of fused-ring (bicyclic) bond motifs is 1. The van der Waals surface area contributed by atoms with Crippen LogP contribution in [0.15, 0.2) is 66.9 Å². The number of rotatable bonds is 7. The summed E-state index contributed by atoms with van der Waals surface area (Å²) in [7, 11) is 1.60. The molecule has 0 aliphatic heterocycles. The van der Waals surface area contributed by atoms with Gasteiger partial charge in [-0.25, -0.2) is 4.39 Å². The summed E-state index contributed by atoms with van der Waals surface area (Å²) in [6, 6.07) is 17.6. The fourth-order valence-electron chi connectivity index (χ4n) is 3.53. The second-order valence-corrected chi connectivity index (χ2v) is 7.01. The molecular formula is C24H22FN3O2. The molecule has 6 heteroatoms. The van der Waals surface area contributed by atoms with Gasteiger partial charge in [-0.1, -0.05) is 6.07 Å². The van der Waals surface area contributed by atoms with E-state index in [-0.39, 0.29) is 11.7 Å². The molecule has 0 saturated heterocycles. The smallest absolute Gasteiger partial charge is 0.224 e. The van der Waals surface area contributed by atoms with E-state index in [4.69, 9.17) is 4.74 Å². The summed E-state index contributed by atoms with van der Waals surface area (Å²) in [6.45, 7) is 0. The Bertz CT molecular complexity index is 1150. The Morgan fingerprint density at radius 1 is 1.13 bits per heavy atom. The van der Waals surface area contributed by atoms with E-state index in [1.165, 1.54) is 12.1 Å². The van der Waals surface area contributed by atoms with Gasteiger partial charge in [0, 0.05) is 29.2 Å². The van der Waals surface area contributed by atoms with E-state index >= 15 is 0 Å². The third-order valence-corrected chi connectivity index (χ3v) is 4.99. The molecule has 30 heavy (non-hydrogen) atoms. The van der Waals surface area contributed by atoms with Crippen LogP contribution in [0.4, 0.5) is 10.1 Å². The fraction of sp³-hybridized carbons (Fsp3) is 0.167. The molecule has 0 fully saturated rings. The summed E-state index contributed by atoms with van der Waals surface area (Å²) in [5.41, 5.74) is 4.22. The molecule has 4 rings (SSSR count). The van der Waals surface area contributed by atoms with Crippen LogP contribution in [0.1, 0.15) is 18.4 Å². The lowest BCUT2D eigenvalue weighted by Gasteiger charge is -2.07.